The highest BCUT2D eigenvalue weighted by Gasteiger charge is 2.35. The first-order chi connectivity index (χ1) is 13.0. The highest BCUT2D eigenvalue weighted by atomic mass is 35.5. The smallest absolute Gasteiger partial charge is 0.302 e. The van der Waals surface area contributed by atoms with Gasteiger partial charge in [0.05, 0.1) is 18.4 Å². The summed E-state index contributed by atoms with van der Waals surface area (Å²) in [6, 6.07) is 8.04. The number of carbonyl (C=O) groups excluding carboxylic acids is 1. The molecule has 1 aromatic rings. The van der Waals surface area contributed by atoms with E-state index >= 15 is 0 Å². The van der Waals surface area contributed by atoms with E-state index in [1.807, 2.05) is 24.3 Å². The van der Waals surface area contributed by atoms with Gasteiger partial charge in [0.25, 0.3) is 0 Å². The Kier molecular flexibility index (Phi) is 9.59. The quantitative estimate of drug-likeness (QED) is 0.251. The van der Waals surface area contributed by atoms with E-state index in [2.05, 4.69) is 41.7 Å². The van der Waals surface area contributed by atoms with Crippen molar-refractivity contribution in [2.75, 3.05) is 18.5 Å². The lowest BCUT2D eigenvalue weighted by Gasteiger charge is -2.40. The number of nitrogens with two attached hydrogens (primary N) is 1. The van der Waals surface area contributed by atoms with Gasteiger partial charge in [0.1, 0.15) is 0 Å². The Morgan fingerprint density at radius 2 is 2.00 bits per heavy atom. The summed E-state index contributed by atoms with van der Waals surface area (Å²) in [4.78, 5) is 11.0. The van der Waals surface area contributed by atoms with Crippen LogP contribution in [-0.4, -0.2) is 30.9 Å². The first-order valence-corrected chi connectivity index (χ1v) is 9.42. The van der Waals surface area contributed by atoms with Crippen molar-refractivity contribution in [3.05, 3.63) is 53.3 Å². The molecule has 0 aromatic heterocycles. The molecule has 1 unspecified atom stereocenters. The van der Waals surface area contributed by atoms with Crippen LogP contribution in [-0.2, 0) is 9.53 Å². The van der Waals surface area contributed by atoms with E-state index < -0.39 is 0 Å². The fourth-order valence-corrected chi connectivity index (χ4v) is 3.35. The summed E-state index contributed by atoms with van der Waals surface area (Å²) in [5.41, 5.74) is 4.22. The van der Waals surface area contributed by atoms with Gasteiger partial charge in [-0.15, -0.1) is 12.4 Å². The molecule has 1 atom stereocenters. The topological polar surface area (TPSA) is 88.7 Å². The average molecular weight is 407 g/mol. The number of likely N-dealkylation sites (N-methyl/N-ethyl adjacent to an activating group) is 1. The predicted octanol–water partition coefficient (Wildman–Crippen LogP) is 3.74. The van der Waals surface area contributed by atoms with E-state index in [1.165, 1.54) is 18.2 Å². The lowest BCUT2D eigenvalue weighted by Crippen LogP contribution is -2.46. The van der Waals surface area contributed by atoms with Crippen LogP contribution in [0.15, 0.2) is 52.8 Å². The van der Waals surface area contributed by atoms with Crippen LogP contribution in [0.1, 0.15) is 45.6 Å². The Morgan fingerprint density at radius 3 is 2.57 bits per heavy atom. The SMILES string of the molecule is CCNC1=CC=C(CCOC(C)=O)CC1(CC)Nc1ccc(C=NN)cc1.Cl. The van der Waals surface area contributed by atoms with Crippen molar-refractivity contribution in [3.63, 3.8) is 0 Å². The minimum atomic E-state index is -0.240. The number of ether oxygens (including phenoxy) is 1. The zero-order chi connectivity index (χ0) is 19.7. The Morgan fingerprint density at radius 1 is 1.29 bits per heavy atom. The van der Waals surface area contributed by atoms with Gasteiger partial charge < -0.3 is 21.2 Å². The number of hydrazone groups is 1. The van der Waals surface area contributed by atoms with Gasteiger partial charge in [0.15, 0.2) is 0 Å². The number of carbonyl (C=O) groups is 1. The summed E-state index contributed by atoms with van der Waals surface area (Å²) in [5.74, 6) is 4.98. The number of allylic oxidation sites excluding steroid dienone is 2. The van der Waals surface area contributed by atoms with Gasteiger partial charge in [0.2, 0.25) is 0 Å². The predicted molar refractivity (Wildman–Crippen MR) is 118 cm³/mol. The maximum atomic E-state index is 11.0. The molecule has 154 valence electrons. The second kappa shape index (κ2) is 11.4. The average Bonchev–Trinajstić information content (AvgIpc) is 2.65. The van der Waals surface area contributed by atoms with Crippen molar-refractivity contribution in [2.24, 2.45) is 10.9 Å². The number of nitrogens with zero attached hydrogens (tertiary/aromatic N) is 1. The van der Waals surface area contributed by atoms with Gasteiger partial charge in [0, 0.05) is 31.3 Å². The molecule has 0 spiro atoms. The van der Waals surface area contributed by atoms with Gasteiger partial charge in [-0.3, -0.25) is 4.79 Å². The molecule has 7 heteroatoms. The number of nitrogens with one attached hydrogen (secondary N) is 2. The van der Waals surface area contributed by atoms with Gasteiger partial charge in [-0.2, -0.15) is 5.10 Å². The second-order valence-electron chi connectivity index (χ2n) is 6.66. The van der Waals surface area contributed by atoms with Gasteiger partial charge >= 0.3 is 5.97 Å². The first-order valence-electron chi connectivity index (χ1n) is 9.42. The highest BCUT2D eigenvalue weighted by Crippen LogP contribution is 2.35. The third kappa shape index (κ3) is 6.30. The molecule has 0 aliphatic heterocycles. The number of hydrogen-bond donors (Lipinski definition) is 3. The summed E-state index contributed by atoms with van der Waals surface area (Å²) in [6.45, 7) is 7.00. The first kappa shape index (κ1) is 23.6. The molecule has 1 aliphatic rings. The number of esters is 1. The molecule has 28 heavy (non-hydrogen) atoms. The third-order valence-electron chi connectivity index (χ3n) is 4.75. The van der Waals surface area contributed by atoms with Crippen LogP contribution < -0.4 is 16.5 Å². The summed E-state index contributed by atoms with van der Waals surface area (Å²) in [7, 11) is 0. The minimum Gasteiger partial charge on any atom is -0.466 e. The molecular weight excluding hydrogens is 376 g/mol. The van der Waals surface area contributed by atoms with Crippen LogP contribution in [0.2, 0.25) is 0 Å². The van der Waals surface area contributed by atoms with E-state index in [1.54, 1.807) is 6.21 Å². The molecule has 0 saturated heterocycles. The molecule has 6 nitrogen and oxygen atoms in total. The van der Waals surface area contributed by atoms with Gasteiger partial charge in [-0.25, -0.2) is 0 Å². The van der Waals surface area contributed by atoms with Crippen LogP contribution in [0.3, 0.4) is 0 Å². The molecule has 2 rings (SSSR count). The van der Waals surface area contributed by atoms with Crippen molar-refractivity contribution in [3.8, 4) is 0 Å². The molecule has 1 aliphatic carbocycles. The molecule has 0 radical (unpaired) electrons. The van der Waals surface area contributed by atoms with E-state index in [9.17, 15) is 4.79 Å². The van der Waals surface area contributed by atoms with Crippen LogP contribution in [0.5, 0.6) is 0 Å². The molecule has 0 amide bonds. The summed E-state index contributed by atoms with van der Waals surface area (Å²) < 4.78 is 5.12. The van der Waals surface area contributed by atoms with E-state index in [0.29, 0.717) is 6.61 Å². The summed E-state index contributed by atoms with van der Waals surface area (Å²) >= 11 is 0. The standard InChI is InChI=1S/C21H30N4O2.ClH/c1-4-21(25-19-9-6-18(7-10-19)15-24-22)14-17(12-13-27-16(3)26)8-11-20(21)23-5-2;/h6-11,15,23,25H,4-5,12-14,22H2,1-3H3;1H. The number of benzene rings is 1. The monoisotopic (exact) mass is 406 g/mol. The molecule has 0 bridgehead atoms. The number of halogens is 1. The minimum absolute atomic E-state index is 0. The second-order valence-corrected chi connectivity index (χ2v) is 6.66. The fourth-order valence-electron chi connectivity index (χ4n) is 3.35. The molecule has 0 saturated carbocycles. The molecule has 4 N–H and O–H groups in total. The van der Waals surface area contributed by atoms with Crippen LogP contribution in [0.25, 0.3) is 0 Å². The fraction of sp³-hybridized carbons (Fsp3) is 0.429. The summed E-state index contributed by atoms with van der Waals surface area (Å²) in [5, 5.41) is 10.8. The van der Waals surface area contributed by atoms with E-state index in [-0.39, 0.29) is 23.9 Å². The van der Waals surface area contributed by atoms with Crippen LogP contribution >= 0.6 is 12.4 Å². The number of anilines is 1. The van der Waals surface area contributed by atoms with E-state index in [4.69, 9.17) is 10.6 Å². The Bertz CT molecular complexity index is 728. The summed E-state index contributed by atoms with van der Waals surface area (Å²) in [6.07, 6.45) is 8.42. The third-order valence-corrected chi connectivity index (χ3v) is 4.75. The van der Waals surface area contributed by atoms with Crippen LogP contribution in [0.4, 0.5) is 5.69 Å². The molecule has 0 fully saturated rings. The van der Waals surface area contributed by atoms with Crippen LogP contribution in [0, 0.1) is 0 Å². The molecular formula is C21H31ClN4O2. The largest absolute Gasteiger partial charge is 0.466 e. The van der Waals surface area contributed by atoms with Crippen molar-refractivity contribution >= 4 is 30.3 Å². The maximum Gasteiger partial charge on any atom is 0.302 e. The zero-order valence-corrected chi connectivity index (χ0v) is 17.6. The Balaban J connectivity index is 0.00000392. The number of rotatable bonds is 9. The Labute approximate surface area is 173 Å². The van der Waals surface area contributed by atoms with Crippen molar-refractivity contribution in [1.82, 2.24) is 5.32 Å². The Hall–Kier alpha value is -2.47. The zero-order valence-electron chi connectivity index (χ0n) is 16.8. The lowest BCUT2D eigenvalue weighted by molar-refractivity contribution is -0.140. The highest BCUT2D eigenvalue weighted by molar-refractivity contribution is 5.85. The molecule has 1 aromatic carbocycles. The van der Waals surface area contributed by atoms with Crippen molar-refractivity contribution in [1.29, 1.82) is 0 Å². The van der Waals surface area contributed by atoms with Gasteiger partial charge in [-0.05, 0) is 43.5 Å². The van der Waals surface area contributed by atoms with Crippen molar-refractivity contribution < 1.29 is 9.53 Å². The molecule has 0 heterocycles. The van der Waals surface area contributed by atoms with E-state index in [0.717, 1.165) is 37.1 Å². The van der Waals surface area contributed by atoms with Gasteiger partial charge in [-0.1, -0.05) is 30.7 Å². The van der Waals surface area contributed by atoms with Crippen molar-refractivity contribution in [2.45, 2.75) is 45.6 Å². The maximum absolute atomic E-state index is 11.0. The lowest BCUT2D eigenvalue weighted by atomic mass is 9.80. The number of hydrogen-bond acceptors (Lipinski definition) is 6. The normalized spacial score (nSPS) is 18.7.